The highest BCUT2D eigenvalue weighted by molar-refractivity contribution is 6.31. The van der Waals surface area contributed by atoms with Crippen molar-refractivity contribution < 1.29 is 0 Å². The van der Waals surface area contributed by atoms with Crippen molar-refractivity contribution >= 4 is 11.6 Å². The van der Waals surface area contributed by atoms with Crippen LogP contribution >= 0.6 is 11.6 Å². The largest absolute Gasteiger partial charge is 0.320 e. The fraction of sp³-hybridized carbons (Fsp3) is 0.412. The van der Waals surface area contributed by atoms with Crippen molar-refractivity contribution in [3.05, 3.63) is 61.9 Å². The number of hydrogen-bond acceptors (Lipinski definition) is 2. The molecule has 0 unspecified atom stereocenters. The number of aromatic nitrogens is 2. The third-order valence-corrected chi connectivity index (χ3v) is 4.83. The van der Waals surface area contributed by atoms with Crippen LogP contribution in [0.4, 0.5) is 0 Å². The Morgan fingerprint density at radius 2 is 1.86 bits per heavy atom. The molecule has 0 spiro atoms. The van der Waals surface area contributed by atoms with Crippen molar-refractivity contribution in [2.45, 2.75) is 39.2 Å². The van der Waals surface area contributed by atoms with Gasteiger partial charge in [-0.05, 0) is 43.4 Å². The number of rotatable bonds is 3. The van der Waals surface area contributed by atoms with Gasteiger partial charge in [0.2, 0.25) is 0 Å². The van der Waals surface area contributed by atoms with Crippen molar-refractivity contribution in [2.75, 3.05) is 0 Å². The summed E-state index contributed by atoms with van der Waals surface area (Å²) in [6.07, 6.45) is 8.08. The lowest BCUT2D eigenvalue weighted by Crippen LogP contribution is -2.40. The smallest absolute Gasteiger partial charge is 0.309 e. The van der Waals surface area contributed by atoms with E-state index in [1.54, 1.807) is 29.1 Å². The molecule has 0 bridgehead atoms. The molecule has 0 atom stereocenters. The molecular formula is C17H19ClN2O2. The van der Waals surface area contributed by atoms with Gasteiger partial charge in [-0.3, -0.25) is 14.2 Å². The normalized spacial score (nSPS) is 15.4. The minimum atomic E-state index is -0.527. The maximum Gasteiger partial charge on any atom is 0.320 e. The molecule has 2 aromatic rings. The van der Waals surface area contributed by atoms with E-state index in [0.29, 0.717) is 23.2 Å². The van der Waals surface area contributed by atoms with Gasteiger partial charge in [0.05, 0.1) is 5.69 Å². The molecule has 22 heavy (non-hydrogen) atoms. The summed E-state index contributed by atoms with van der Waals surface area (Å²) in [5, 5.41) is 0.583. The topological polar surface area (TPSA) is 44.0 Å². The summed E-state index contributed by atoms with van der Waals surface area (Å²) in [5.41, 5.74) is 0.560. The Kier molecular flexibility index (Phi) is 4.21. The van der Waals surface area contributed by atoms with Gasteiger partial charge < -0.3 is 4.57 Å². The third-order valence-electron chi connectivity index (χ3n) is 4.42. The number of hydrogen-bond donors (Lipinski definition) is 0. The third kappa shape index (κ3) is 2.88. The predicted molar refractivity (Wildman–Crippen MR) is 88.0 cm³/mol. The first-order valence-electron chi connectivity index (χ1n) is 7.65. The Balaban J connectivity index is 1.97. The van der Waals surface area contributed by atoms with Gasteiger partial charge in [0.25, 0.3) is 0 Å². The molecule has 3 rings (SSSR count). The summed E-state index contributed by atoms with van der Waals surface area (Å²) in [5.74, 6) is 0.516. The van der Waals surface area contributed by atoms with Crippen LogP contribution in [0.3, 0.4) is 0 Å². The molecule has 1 aliphatic rings. The molecular weight excluding hydrogens is 300 g/mol. The van der Waals surface area contributed by atoms with Gasteiger partial charge in [0.15, 0.2) is 0 Å². The molecule has 0 radical (unpaired) electrons. The second kappa shape index (κ2) is 6.13. The van der Waals surface area contributed by atoms with Crippen LogP contribution in [-0.4, -0.2) is 9.13 Å². The fourth-order valence-electron chi connectivity index (χ4n) is 3.06. The Morgan fingerprint density at radius 3 is 2.55 bits per heavy atom. The fourth-order valence-corrected chi connectivity index (χ4v) is 3.23. The van der Waals surface area contributed by atoms with Gasteiger partial charge in [-0.2, -0.15) is 0 Å². The Morgan fingerprint density at radius 1 is 1.14 bits per heavy atom. The van der Waals surface area contributed by atoms with Gasteiger partial charge >= 0.3 is 11.1 Å². The summed E-state index contributed by atoms with van der Waals surface area (Å²) >= 11 is 6.10. The number of halogens is 1. The summed E-state index contributed by atoms with van der Waals surface area (Å²) in [6.45, 7) is 2.54. The molecule has 5 heteroatoms. The highest BCUT2D eigenvalue weighted by atomic mass is 35.5. The minimum absolute atomic E-state index is 0.467. The van der Waals surface area contributed by atoms with E-state index in [2.05, 4.69) is 0 Å². The SMILES string of the molecule is Cc1ccc(-n2ccn(CC3CCCC3)c(=O)c2=O)cc1Cl. The Labute approximate surface area is 134 Å². The molecule has 116 valence electrons. The van der Waals surface area contributed by atoms with Crippen molar-refractivity contribution in [3.8, 4) is 5.69 Å². The minimum Gasteiger partial charge on any atom is -0.309 e. The molecule has 0 N–H and O–H groups in total. The van der Waals surface area contributed by atoms with E-state index in [0.717, 1.165) is 18.4 Å². The molecule has 0 amide bonds. The monoisotopic (exact) mass is 318 g/mol. The van der Waals surface area contributed by atoms with Crippen LogP contribution in [0.25, 0.3) is 5.69 Å². The first-order chi connectivity index (χ1) is 10.6. The van der Waals surface area contributed by atoms with Crippen LogP contribution in [-0.2, 0) is 6.54 Å². The first kappa shape index (κ1) is 15.1. The van der Waals surface area contributed by atoms with Crippen LogP contribution in [0.5, 0.6) is 0 Å². The molecule has 4 nitrogen and oxygen atoms in total. The van der Waals surface area contributed by atoms with Crippen molar-refractivity contribution in [1.29, 1.82) is 0 Å². The van der Waals surface area contributed by atoms with Gasteiger partial charge in [0.1, 0.15) is 0 Å². The highest BCUT2D eigenvalue weighted by Gasteiger charge is 2.17. The quantitative estimate of drug-likeness (QED) is 0.816. The van der Waals surface area contributed by atoms with E-state index < -0.39 is 11.1 Å². The molecule has 1 aromatic heterocycles. The van der Waals surface area contributed by atoms with Crippen LogP contribution in [0.2, 0.25) is 5.02 Å². The summed E-state index contributed by atoms with van der Waals surface area (Å²) in [6, 6.07) is 5.34. The molecule has 1 fully saturated rings. The van der Waals surface area contributed by atoms with Gasteiger partial charge in [-0.25, -0.2) is 0 Å². The number of aryl methyl sites for hydroxylation is 1. The zero-order valence-electron chi connectivity index (χ0n) is 12.6. The van der Waals surface area contributed by atoms with Gasteiger partial charge in [-0.1, -0.05) is 30.5 Å². The lowest BCUT2D eigenvalue weighted by atomic mass is 10.1. The van der Waals surface area contributed by atoms with Crippen LogP contribution in [0, 0.1) is 12.8 Å². The van der Waals surface area contributed by atoms with Crippen LogP contribution in [0.15, 0.2) is 40.2 Å². The summed E-state index contributed by atoms with van der Waals surface area (Å²) < 4.78 is 2.91. The summed E-state index contributed by atoms with van der Waals surface area (Å²) in [4.78, 5) is 24.6. The van der Waals surface area contributed by atoms with Crippen molar-refractivity contribution in [1.82, 2.24) is 9.13 Å². The van der Waals surface area contributed by atoms with E-state index in [1.807, 2.05) is 13.0 Å². The van der Waals surface area contributed by atoms with E-state index in [4.69, 9.17) is 11.6 Å². The van der Waals surface area contributed by atoms with Crippen molar-refractivity contribution in [2.24, 2.45) is 5.92 Å². The average Bonchev–Trinajstić information content (AvgIpc) is 3.00. The lowest BCUT2D eigenvalue weighted by molar-refractivity contribution is 0.445. The second-order valence-corrected chi connectivity index (χ2v) is 6.42. The predicted octanol–water partition coefficient (Wildman–Crippen LogP) is 3.15. The van der Waals surface area contributed by atoms with E-state index >= 15 is 0 Å². The maximum absolute atomic E-state index is 12.3. The molecule has 1 aromatic carbocycles. The Hall–Kier alpha value is -1.81. The van der Waals surface area contributed by atoms with Crippen LogP contribution < -0.4 is 11.1 Å². The van der Waals surface area contributed by atoms with E-state index in [1.165, 1.54) is 17.4 Å². The van der Waals surface area contributed by atoms with Crippen molar-refractivity contribution in [3.63, 3.8) is 0 Å². The molecule has 0 aliphatic heterocycles. The van der Waals surface area contributed by atoms with E-state index in [9.17, 15) is 9.59 Å². The summed E-state index contributed by atoms with van der Waals surface area (Å²) in [7, 11) is 0. The molecule has 1 aliphatic carbocycles. The maximum atomic E-state index is 12.3. The second-order valence-electron chi connectivity index (χ2n) is 6.01. The standard InChI is InChI=1S/C17H19ClN2O2/c1-12-6-7-14(10-15(12)18)20-9-8-19(16(21)17(20)22)11-13-4-2-3-5-13/h6-10,13H,2-5,11H2,1H3. The number of benzene rings is 1. The molecule has 1 saturated carbocycles. The molecule has 1 heterocycles. The zero-order chi connectivity index (χ0) is 15.7. The average molecular weight is 319 g/mol. The zero-order valence-corrected chi connectivity index (χ0v) is 13.3. The van der Waals surface area contributed by atoms with Gasteiger partial charge in [0, 0.05) is 24.0 Å². The Bertz CT molecular complexity index is 801. The van der Waals surface area contributed by atoms with Crippen LogP contribution in [0.1, 0.15) is 31.2 Å². The van der Waals surface area contributed by atoms with Gasteiger partial charge in [-0.15, -0.1) is 0 Å². The first-order valence-corrected chi connectivity index (χ1v) is 8.02. The highest BCUT2D eigenvalue weighted by Crippen LogP contribution is 2.25. The lowest BCUT2D eigenvalue weighted by Gasteiger charge is -2.13. The van der Waals surface area contributed by atoms with E-state index in [-0.39, 0.29) is 0 Å². The molecule has 0 saturated heterocycles. The number of nitrogens with zero attached hydrogens (tertiary/aromatic N) is 2.